The van der Waals surface area contributed by atoms with Crippen LogP contribution in [-0.2, 0) is 0 Å². The normalized spacial score (nSPS) is 12.2. The quantitative estimate of drug-likeness (QED) is 0.399. The van der Waals surface area contributed by atoms with Crippen molar-refractivity contribution in [2.45, 2.75) is 18.2 Å². The van der Waals surface area contributed by atoms with E-state index < -0.39 is 0 Å². The third-order valence-electron chi connectivity index (χ3n) is 2.95. The average Bonchev–Trinajstić information content (AvgIpc) is 2.48. The number of halogens is 4. The van der Waals surface area contributed by atoms with E-state index in [0.29, 0.717) is 5.02 Å². The Morgan fingerprint density at radius 2 is 1.67 bits per heavy atom. The van der Waals surface area contributed by atoms with Gasteiger partial charge >= 0.3 is 0 Å². The van der Waals surface area contributed by atoms with Crippen LogP contribution in [0.4, 0.5) is 0 Å². The zero-order valence-corrected chi connectivity index (χ0v) is 16.9. The molecule has 0 saturated heterocycles. The molecule has 5 heteroatoms. The van der Waals surface area contributed by atoms with Gasteiger partial charge in [0.15, 0.2) is 0 Å². The van der Waals surface area contributed by atoms with Crippen LogP contribution in [-0.4, -0.2) is 6.61 Å². The van der Waals surface area contributed by atoms with Crippen molar-refractivity contribution < 1.29 is 4.74 Å². The number of ether oxygens (including phenoxy) is 1. The molecule has 0 aliphatic carbocycles. The molecule has 0 fully saturated rings. The van der Waals surface area contributed by atoms with Gasteiger partial charge in [-0.1, -0.05) is 46.6 Å². The van der Waals surface area contributed by atoms with Gasteiger partial charge in [-0.2, -0.15) is 0 Å². The molecule has 0 radical (unpaired) electrons. The molecule has 2 rings (SSSR count). The Morgan fingerprint density at radius 1 is 1.05 bits per heavy atom. The second-order valence-electron chi connectivity index (χ2n) is 4.57. The fourth-order valence-corrected chi connectivity index (χ4v) is 3.46. The van der Waals surface area contributed by atoms with E-state index in [9.17, 15) is 0 Å². The van der Waals surface area contributed by atoms with Gasteiger partial charge in [-0.3, -0.25) is 0 Å². The van der Waals surface area contributed by atoms with Crippen molar-refractivity contribution >= 4 is 59.4 Å². The number of alkyl halides is 1. The van der Waals surface area contributed by atoms with Crippen LogP contribution in [0.1, 0.15) is 29.3 Å². The molecular weight excluding hydrogens is 483 g/mol. The third kappa shape index (κ3) is 4.47. The van der Waals surface area contributed by atoms with Gasteiger partial charge < -0.3 is 4.74 Å². The van der Waals surface area contributed by atoms with E-state index in [-0.39, 0.29) is 4.83 Å². The van der Waals surface area contributed by atoms with Crippen LogP contribution < -0.4 is 4.74 Å². The minimum absolute atomic E-state index is 0.0996. The second-order valence-corrected chi connectivity index (χ2v) is 7.61. The van der Waals surface area contributed by atoms with E-state index in [1.165, 1.54) is 0 Å². The van der Waals surface area contributed by atoms with Crippen LogP contribution in [0, 0.1) is 0 Å². The molecule has 1 nitrogen and oxygen atoms in total. The summed E-state index contributed by atoms with van der Waals surface area (Å²) in [4.78, 5) is 0.0996. The monoisotopic (exact) mass is 494 g/mol. The molecule has 0 bridgehead atoms. The van der Waals surface area contributed by atoms with E-state index >= 15 is 0 Å². The van der Waals surface area contributed by atoms with Crippen molar-refractivity contribution in [3.05, 3.63) is 61.5 Å². The first kappa shape index (κ1) is 17.3. The maximum Gasteiger partial charge on any atom is 0.133 e. The molecular formula is C16H14Br3ClO. The summed E-state index contributed by atoms with van der Waals surface area (Å²) in [5, 5.41) is 0.711. The lowest BCUT2D eigenvalue weighted by Crippen LogP contribution is -1.98. The first-order valence-electron chi connectivity index (χ1n) is 6.54. The average molecular weight is 497 g/mol. The fraction of sp³-hybridized carbons (Fsp3) is 0.250. The van der Waals surface area contributed by atoms with E-state index in [1.807, 2.05) is 24.3 Å². The molecule has 0 N–H and O–H groups in total. The Morgan fingerprint density at radius 3 is 2.24 bits per heavy atom. The number of benzene rings is 2. The lowest BCUT2D eigenvalue weighted by Gasteiger charge is -2.14. The summed E-state index contributed by atoms with van der Waals surface area (Å²) in [6.07, 6.45) is 0.994. The summed E-state index contributed by atoms with van der Waals surface area (Å²) >= 11 is 16.8. The van der Waals surface area contributed by atoms with Gasteiger partial charge in [0.05, 0.1) is 20.9 Å². The molecule has 1 unspecified atom stereocenters. The molecule has 1 atom stereocenters. The summed E-state index contributed by atoms with van der Waals surface area (Å²) in [7, 11) is 0. The Bertz CT molecular complexity index is 631. The smallest absolute Gasteiger partial charge is 0.133 e. The zero-order chi connectivity index (χ0) is 15.4. The Kier molecular flexibility index (Phi) is 6.60. The van der Waals surface area contributed by atoms with Crippen LogP contribution in [0.25, 0.3) is 0 Å². The number of rotatable bonds is 5. The van der Waals surface area contributed by atoms with Gasteiger partial charge in [-0.15, -0.1) is 0 Å². The minimum Gasteiger partial charge on any atom is -0.492 e. The van der Waals surface area contributed by atoms with Crippen molar-refractivity contribution in [3.8, 4) is 5.75 Å². The van der Waals surface area contributed by atoms with E-state index in [2.05, 4.69) is 66.8 Å². The van der Waals surface area contributed by atoms with Gasteiger partial charge in [0, 0.05) is 4.47 Å². The molecule has 2 aromatic carbocycles. The molecule has 0 aliphatic heterocycles. The van der Waals surface area contributed by atoms with Gasteiger partial charge in [-0.05, 0) is 73.7 Å². The molecule has 0 heterocycles. The predicted octanol–water partition coefficient (Wildman–Crippen LogP) is 7.14. The zero-order valence-electron chi connectivity index (χ0n) is 11.4. The highest BCUT2D eigenvalue weighted by Crippen LogP contribution is 2.37. The maximum atomic E-state index is 6.04. The molecule has 0 saturated carbocycles. The topological polar surface area (TPSA) is 9.23 Å². The Hall–Kier alpha value is -0.0300. The summed E-state index contributed by atoms with van der Waals surface area (Å²) < 4.78 is 7.53. The number of hydrogen-bond donors (Lipinski definition) is 0. The fourth-order valence-electron chi connectivity index (χ4n) is 1.87. The summed E-state index contributed by atoms with van der Waals surface area (Å²) in [5.74, 6) is 0.873. The van der Waals surface area contributed by atoms with Gasteiger partial charge in [-0.25, -0.2) is 0 Å². The molecule has 0 aromatic heterocycles. The SMILES string of the molecule is CCCOc1ccc(C(Br)c2ccc(Cl)c(Br)c2)cc1Br. The highest BCUT2D eigenvalue weighted by atomic mass is 79.9. The lowest BCUT2D eigenvalue weighted by molar-refractivity contribution is 0.315. The van der Waals surface area contributed by atoms with Crippen LogP contribution >= 0.6 is 59.4 Å². The van der Waals surface area contributed by atoms with Gasteiger partial charge in [0.25, 0.3) is 0 Å². The van der Waals surface area contributed by atoms with Crippen molar-refractivity contribution in [1.82, 2.24) is 0 Å². The third-order valence-corrected chi connectivity index (χ3v) is 5.84. The molecule has 21 heavy (non-hydrogen) atoms. The predicted molar refractivity (Wildman–Crippen MR) is 99.9 cm³/mol. The van der Waals surface area contributed by atoms with E-state index in [4.69, 9.17) is 16.3 Å². The molecule has 0 aliphatic rings. The Labute approximate surface area is 155 Å². The lowest BCUT2D eigenvalue weighted by atomic mass is 10.0. The van der Waals surface area contributed by atoms with Crippen LogP contribution in [0.2, 0.25) is 5.02 Å². The molecule has 0 spiro atoms. The number of hydrogen-bond acceptors (Lipinski definition) is 1. The van der Waals surface area contributed by atoms with E-state index in [0.717, 1.165) is 38.8 Å². The summed E-state index contributed by atoms with van der Waals surface area (Å²) in [6, 6.07) is 12.1. The van der Waals surface area contributed by atoms with Crippen molar-refractivity contribution in [3.63, 3.8) is 0 Å². The first-order valence-corrected chi connectivity index (χ1v) is 9.42. The Balaban J connectivity index is 2.24. The molecule has 2 aromatic rings. The van der Waals surface area contributed by atoms with Crippen molar-refractivity contribution in [1.29, 1.82) is 0 Å². The van der Waals surface area contributed by atoms with Crippen LogP contribution in [0.5, 0.6) is 5.75 Å². The standard InChI is InChI=1S/C16H14Br3ClO/c1-2-7-21-15-6-4-11(9-13(15)18)16(19)10-3-5-14(20)12(17)8-10/h3-6,8-9,16H,2,7H2,1H3. The maximum absolute atomic E-state index is 6.04. The van der Waals surface area contributed by atoms with Crippen LogP contribution in [0.3, 0.4) is 0 Å². The van der Waals surface area contributed by atoms with Crippen LogP contribution in [0.15, 0.2) is 45.3 Å². The molecule has 112 valence electrons. The van der Waals surface area contributed by atoms with Gasteiger partial charge in [0.1, 0.15) is 5.75 Å². The first-order chi connectivity index (χ1) is 10.0. The van der Waals surface area contributed by atoms with E-state index in [1.54, 1.807) is 0 Å². The minimum atomic E-state index is 0.0996. The summed E-state index contributed by atoms with van der Waals surface area (Å²) in [6.45, 7) is 2.81. The molecule has 0 amide bonds. The largest absolute Gasteiger partial charge is 0.492 e. The van der Waals surface area contributed by atoms with Crippen molar-refractivity contribution in [2.75, 3.05) is 6.61 Å². The highest BCUT2D eigenvalue weighted by Gasteiger charge is 2.13. The second kappa shape index (κ2) is 8.00. The highest BCUT2D eigenvalue weighted by molar-refractivity contribution is 9.11. The van der Waals surface area contributed by atoms with Crippen molar-refractivity contribution in [2.24, 2.45) is 0 Å². The van der Waals surface area contributed by atoms with Gasteiger partial charge in [0.2, 0.25) is 0 Å². The summed E-state index contributed by atoms with van der Waals surface area (Å²) in [5.41, 5.74) is 2.29.